The molecule has 1 aromatic heterocycles. The summed E-state index contributed by atoms with van der Waals surface area (Å²) < 4.78 is 0. The van der Waals surface area contributed by atoms with Gasteiger partial charge in [0.25, 0.3) is 5.91 Å². The number of carbonyl (C=O) groups excluding carboxylic acids is 2. The molecule has 1 aliphatic carbocycles. The molecule has 5 nitrogen and oxygen atoms in total. The van der Waals surface area contributed by atoms with Gasteiger partial charge in [0, 0.05) is 37.7 Å². The molecule has 0 atom stereocenters. The summed E-state index contributed by atoms with van der Waals surface area (Å²) in [5, 5.41) is 0.881. The fourth-order valence-corrected chi connectivity index (χ4v) is 5.04. The first-order valence-corrected chi connectivity index (χ1v) is 10.6. The minimum Gasteiger partial charge on any atom is -0.339 e. The van der Waals surface area contributed by atoms with E-state index in [1.165, 1.54) is 24.2 Å². The molecule has 0 bridgehead atoms. The van der Waals surface area contributed by atoms with Gasteiger partial charge in [-0.2, -0.15) is 0 Å². The van der Waals surface area contributed by atoms with Crippen molar-refractivity contribution in [1.82, 2.24) is 14.8 Å². The third kappa shape index (κ3) is 3.76. The first kappa shape index (κ1) is 18.2. The highest BCUT2D eigenvalue weighted by Gasteiger charge is 2.31. The van der Waals surface area contributed by atoms with E-state index in [1.807, 2.05) is 47.1 Å². The monoisotopic (exact) mass is 383 g/mol. The van der Waals surface area contributed by atoms with Gasteiger partial charge in [-0.1, -0.05) is 43.2 Å². The third-order valence-corrected chi connectivity index (χ3v) is 6.79. The van der Waals surface area contributed by atoms with Crippen LogP contribution >= 0.6 is 11.3 Å². The lowest BCUT2D eigenvalue weighted by Gasteiger charge is -2.35. The van der Waals surface area contributed by atoms with Gasteiger partial charge in [-0.3, -0.25) is 9.59 Å². The number of nitrogens with zero attached hydrogens (tertiary/aromatic N) is 3. The molecule has 0 unspecified atom stereocenters. The van der Waals surface area contributed by atoms with Crippen molar-refractivity contribution in [1.29, 1.82) is 0 Å². The first-order chi connectivity index (χ1) is 13.1. The van der Waals surface area contributed by atoms with Gasteiger partial charge in [0.2, 0.25) is 5.91 Å². The van der Waals surface area contributed by atoms with Crippen LogP contribution in [0, 0.1) is 12.8 Å². The maximum absolute atomic E-state index is 13.0. The lowest BCUT2D eigenvalue weighted by Crippen LogP contribution is -2.51. The van der Waals surface area contributed by atoms with Crippen molar-refractivity contribution in [3.63, 3.8) is 0 Å². The summed E-state index contributed by atoms with van der Waals surface area (Å²) in [6.45, 7) is 4.40. The van der Waals surface area contributed by atoms with Crippen molar-refractivity contribution in [3.05, 3.63) is 40.9 Å². The second-order valence-corrected chi connectivity index (χ2v) is 8.40. The van der Waals surface area contributed by atoms with E-state index in [-0.39, 0.29) is 11.8 Å². The molecule has 1 saturated heterocycles. The Morgan fingerprint density at radius 3 is 2.30 bits per heavy atom. The number of hydrogen-bond donors (Lipinski definition) is 0. The van der Waals surface area contributed by atoms with Crippen LogP contribution in [0.15, 0.2) is 30.3 Å². The third-order valence-electron chi connectivity index (χ3n) is 5.59. The van der Waals surface area contributed by atoms with Crippen LogP contribution in [0.4, 0.5) is 0 Å². The van der Waals surface area contributed by atoms with Gasteiger partial charge in [-0.15, -0.1) is 11.3 Å². The number of hydrogen-bond acceptors (Lipinski definition) is 4. The molecule has 142 valence electrons. The van der Waals surface area contributed by atoms with E-state index in [0.29, 0.717) is 37.0 Å². The maximum atomic E-state index is 13.0. The summed E-state index contributed by atoms with van der Waals surface area (Å²) in [6.07, 6.45) is 4.40. The van der Waals surface area contributed by atoms with Crippen molar-refractivity contribution in [2.24, 2.45) is 5.92 Å². The summed E-state index contributed by atoms with van der Waals surface area (Å²) >= 11 is 1.46. The highest BCUT2D eigenvalue weighted by atomic mass is 32.1. The van der Waals surface area contributed by atoms with Crippen LogP contribution in [0.1, 0.15) is 41.0 Å². The van der Waals surface area contributed by atoms with E-state index in [1.54, 1.807) is 0 Å². The highest BCUT2D eigenvalue weighted by molar-refractivity contribution is 7.17. The van der Waals surface area contributed by atoms with Crippen LogP contribution in [0.2, 0.25) is 0 Å². The molecule has 2 amide bonds. The standard InChI is InChI=1S/C21H25N3O2S/c1-15-18(27-19(22-15)16-7-3-2-4-8-16)21(26)24-13-11-23(12-14-24)20(25)17-9-5-6-10-17/h2-4,7-8,17H,5-6,9-14H2,1H3. The molecule has 6 heteroatoms. The topological polar surface area (TPSA) is 53.5 Å². The van der Waals surface area contributed by atoms with Crippen molar-refractivity contribution in [2.45, 2.75) is 32.6 Å². The lowest BCUT2D eigenvalue weighted by atomic mass is 10.1. The average Bonchev–Trinajstić information content (AvgIpc) is 3.38. The summed E-state index contributed by atoms with van der Waals surface area (Å²) in [6, 6.07) is 9.96. The maximum Gasteiger partial charge on any atom is 0.265 e. The minimum atomic E-state index is 0.0418. The van der Waals surface area contributed by atoms with E-state index in [9.17, 15) is 9.59 Å². The molecule has 2 fully saturated rings. The number of amides is 2. The zero-order chi connectivity index (χ0) is 18.8. The SMILES string of the molecule is Cc1nc(-c2ccccc2)sc1C(=O)N1CCN(C(=O)C2CCCC2)CC1. The van der Waals surface area contributed by atoms with Gasteiger partial charge < -0.3 is 9.80 Å². The largest absolute Gasteiger partial charge is 0.339 e. The van der Waals surface area contributed by atoms with Crippen LogP contribution in [0.3, 0.4) is 0 Å². The average molecular weight is 384 g/mol. The van der Waals surface area contributed by atoms with Gasteiger partial charge in [-0.25, -0.2) is 4.98 Å². The lowest BCUT2D eigenvalue weighted by molar-refractivity contribution is -0.136. The number of aryl methyl sites for hydroxylation is 1. The Morgan fingerprint density at radius 1 is 1.00 bits per heavy atom. The van der Waals surface area contributed by atoms with E-state index in [4.69, 9.17) is 0 Å². The smallest absolute Gasteiger partial charge is 0.265 e. The second kappa shape index (κ2) is 7.80. The Morgan fingerprint density at radius 2 is 1.63 bits per heavy atom. The molecule has 4 rings (SSSR count). The molecule has 2 heterocycles. The molecule has 27 heavy (non-hydrogen) atoms. The summed E-state index contributed by atoms with van der Waals surface area (Å²) in [5.41, 5.74) is 1.82. The van der Waals surface area contributed by atoms with E-state index < -0.39 is 0 Å². The summed E-state index contributed by atoms with van der Waals surface area (Å²) in [4.78, 5) is 34.7. The van der Waals surface area contributed by atoms with E-state index in [0.717, 1.165) is 29.1 Å². The quantitative estimate of drug-likeness (QED) is 0.814. The molecule has 1 saturated carbocycles. The highest BCUT2D eigenvalue weighted by Crippen LogP contribution is 2.30. The fraction of sp³-hybridized carbons (Fsp3) is 0.476. The van der Waals surface area contributed by atoms with Gasteiger partial charge >= 0.3 is 0 Å². The van der Waals surface area contributed by atoms with Crippen molar-refractivity contribution in [2.75, 3.05) is 26.2 Å². The van der Waals surface area contributed by atoms with Crippen LogP contribution < -0.4 is 0 Å². The number of thiazole rings is 1. The van der Waals surface area contributed by atoms with Gasteiger partial charge in [0.1, 0.15) is 9.88 Å². The predicted molar refractivity (Wildman–Crippen MR) is 107 cm³/mol. The Kier molecular flexibility index (Phi) is 5.25. The predicted octanol–water partition coefficient (Wildman–Crippen LogP) is 3.59. The van der Waals surface area contributed by atoms with Gasteiger partial charge in [0.15, 0.2) is 0 Å². The number of piperazine rings is 1. The Hall–Kier alpha value is -2.21. The van der Waals surface area contributed by atoms with Crippen molar-refractivity contribution in [3.8, 4) is 10.6 Å². The molecule has 0 N–H and O–H groups in total. The van der Waals surface area contributed by atoms with Crippen LogP contribution in [0.5, 0.6) is 0 Å². The molecule has 1 aromatic carbocycles. The summed E-state index contributed by atoms with van der Waals surface area (Å²) in [7, 11) is 0. The number of rotatable bonds is 3. The fourth-order valence-electron chi connectivity index (χ4n) is 4.00. The Labute approximate surface area is 164 Å². The second-order valence-electron chi connectivity index (χ2n) is 7.40. The minimum absolute atomic E-state index is 0.0418. The van der Waals surface area contributed by atoms with Crippen molar-refractivity contribution >= 4 is 23.2 Å². The normalized spacial score (nSPS) is 18.1. The van der Waals surface area contributed by atoms with Crippen LogP contribution in [-0.2, 0) is 4.79 Å². The molecular weight excluding hydrogens is 358 g/mol. The number of benzene rings is 1. The molecule has 1 aliphatic heterocycles. The Bertz CT molecular complexity index is 819. The number of aromatic nitrogens is 1. The number of carbonyl (C=O) groups is 2. The van der Waals surface area contributed by atoms with Gasteiger partial charge in [0.05, 0.1) is 5.69 Å². The van der Waals surface area contributed by atoms with E-state index >= 15 is 0 Å². The molecule has 0 spiro atoms. The zero-order valence-electron chi connectivity index (χ0n) is 15.7. The molecule has 2 aliphatic rings. The first-order valence-electron chi connectivity index (χ1n) is 9.74. The van der Waals surface area contributed by atoms with Crippen LogP contribution in [0.25, 0.3) is 10.6 Å². The summed E-state index contributed by atoms with van der Waals surface area (Å²) in [5.74, 6) is 0.546. The molecular formula is C21H25N3O2S. The molecule has 2 aromatic rings. The molecule has 0 radical (unpaired) electrons. The zero-order valence-corrected chi connectivity index (χ0v) is 16.5. The van der Waals surface area contributed by atoms with Gasteiger partial charge in [-0.05, 0) is 19.8 Å². The Balaban J connectivity index is 1.41. The van der Waals surface area contributed by atoms with E-state index in [2.05, 4.69) is 4.98 Å². The van der Waals surface area contributed by atoms with Crippen molar-refractivity contribution < 1.29 is 9.59 Å². The van der Waals surface area contributed by atoms with Crippen LogP contribution in [-0.4, -0.2) is 52.8 Å².